The Hall–Kier alpha value is -3.05. The SMILES string of the molecule is COc1ccc(-c2nnc(SCc3ccc(C)c(C)c3)n2-c2ccc(C)cc2)cc1. The van der Waals surface area contributed by atoms with Gasteiger partial charge in [0.25, 0.3) is 0 Å². The van der Waals surface area contributed by atoms with E-state index in [1.807, 2.05) is 24.3 Å². The third kappa shape index (κ3) is 4.26. The number of aromatic nitrogens is 3. The lowest BCUT2D eigenvalue weighted by atomic mass is 10.1. The fraction of sp³-hybridized carbons (Fsp3) is 0.200. The van der Waals surface area contributed by atoms with Crippen molar-refractivity contribution in [2.24, 2.45) is 0 Å². The summed E-state index contributed by atoms with van der Waals surface area (Å²) < 4.78 is 7.43. The Kier molecular flexibility index (Phi) is 5.91. The topological polar surface area (TPSA) is 39.9 Å². The van der Waals surface area contributed by atoms with Crippen molar-refractivity contribution in [2.45, 2.75) is 31.7 Å². The van der Waals surface area contributed by atoms with Gasteiger partial charge in [0.1, 0.15) is 5.75 Å². The van der Waals surface area contributed by atoms with Crippen molar-refractivity contribution < 1.29 is 4.74 Å². The number of rotatable bonds is 6. The van der Waals surface area contributed by atoms with E-state index in [0.717, 1.165) is 33.7 Å². The second-order valence-corrected chi connectivity index (χ2v) is 8.36. The molecular formula is C25H25N3OS. The standard InChI is InChI=1S/C25H25N3OS/c1-17-5-11-22(12-6-17)28-24(21-9-13-23(29-4)14-10-21)26-27-25(28)30-16-20-8-7-18(2)19(3)15-20/h5-15H,16H2,1-4H3. The van der Waals surface area contributed by atoms with Crippen LogP contribution in [0, 0.1) is 20.8 Å². The van der Waals surface area contributed by atoms with Crippen molar-refractivity contribution in [1.29, 1.82) is 0 Å². The van der Waals surface area contributed by atoms with Gasteiger partial charge in [-0.15, -0.1) is 10.2 Å². The van der Waals surface area contributed by atoms with Crippen molar-refractivity contribution in [2.75, 3.05) is 7.11 Å². The molecule has 0 aliphatic carbocycles. The number of nitrogens with zero attached hydrogens (tertiary/aromatic N) is 3. The Bertz CT molecular complexity index is 1150. The van der Waals surface area contributed by atoms with Crippen LogP contribution in [-0.4, -0.2) is 21.9 Å². The van der Waals surface area contributed by atoms with Crippen LogP contribution in [-0.2, 0) is 5.75 Å². The Morgan fingerprint density at radius 1 is 0.833 bits per heavy atom. The Balaban J connectivity index is 1.71. The van der Waals surface area contributed by atoms with E-state index in [-0.39, 0.29) is 0 Å². The zero-order chi connectivity index (χ0) is 21.1. The van der Waals surface area contributed by atoms with Gasteiger partial charge in [-0.25, -0.2) is 0 Å². The molecule has 0 unspecified atom stereocenters. The molecule has 0 N–H and O–H groups in total. The average Bonchev–Trinajstić information content (AvgIpc) is 3.19. The van der Waals surface area contributed by atoms with Crippen molar-refractivity contribution in [3.05, 3.63) is 89.0 Å². The predicted octanol–water partition coefficient (Wildman–Crippen LogP) is 6.16. The second-order valence-electron chi connectivity index (χ2n) is 7.41. The molecule has 0 aliphatic rings. The number of hydrogen-bond donors (Lipinski definition) is 0. The van der Waals surface area contributed by atoms with Crippen LogP contribution >= 0.6 is 11.8 Å². The first-order valence-corrected chi connectivity index (χ1v) is 10.9. The molecule has 0 spiro atoms. The number of aryl methyl sites for hydroxylation is 3. The Labute approximate surface area is 181 Å². The first kappa shape index (κ1) is 20.2. The molecule has 5 heteroatoms. The van der Waals surface area contributed by atoms with E-state index in [9.17, 15) is 0 Å². The van der Waals surface area contributed by atoms with E-state index >= 15 is 0 Å². The van der Waals surface area contributed by atoms with Gasteiger partial charge in [-0.05, 0) is 73.9 Å². The summed E-state index contributed by atoms with van der Waals surface area (Å²) in [7, 11) is 1.67. The van der Waals surface area contributed by atoms with Gasteiger partial charge in [-0.2, -0.15) is 0 Å². The quantitative estimate of drug-likeness (QED) is 0.354. The number of methoxy groups -OCH3 is 1. The van der Waals surface area contributed by atoms with Gasteiger partial charge in [-0.3, -0.25) is 4.57 Å². The third-order valence-electron chi connectivity index (χ3n) is 5.21. The summed E-state index contributed by atoms with van der Waals surface area (Å²) in [5.41, 5.74) is 7.19. The molecule has 0 fully saturated rings. The molecule has 0 bridgehead atoms. The van der Waals surface area contributed by atoms with Crippen LogP contribution in [0.3, 0.4) is 0 Å². The van der Waals surface area contributed by atoms with Gasteiger partial charge < -0.3 is 4.74 Å². The third-order valence-corrected chi connectivity index (χ3v) is 6.21. The molecule has 0 saturated heterocycles. The molecular weight excluding hydrogens is 390 g/mol. The summed E-state index contributed by atoms with van der Waals surface area (Å²) in [6.07, 6.45) is 0. The molecule has 1 heterocycles. The van der Waals surface area contributed by atoms with Crippen LogP contribution in [0.25, 0.3) is 17.1 Å². The summed E-state index contributed by atoms with van der Waals surface area (Å²) in [4.78, 5) is 0. The maximum atomic E-state index is 5.30. The Morgan fingerprint density at radius 3 is 2.23 bits per heavy atom. The highest BCUT2D eigenvalue weighted by Gasteiger charge is 2.16. The minimum absolute atomic E-state index is 0.823. The predicted molar refractivity (Wildman–Crippen MR) is 124 cm³/mol. The number of thioether (sulfide) groups is 1. The van der Waals surface area contributed by atoms with Gasteiger partial charge in [0.05, 0.1) is 7.11 Å². The van der Waals surface area contributed by atoms with Gasteiger partial charge in [0.2, 0.25) is 0 Å². The van der Waals surface area contributed by atoms with E-state index in [1.165, 1.54) is 22.3 Å². The lowest BCUT2D eigenvalue weighted by molar-refractivity contribution is 0.415. The van der Waals surface area contributed by atoms with Gasteiger partial charge in [0.15, 0.2) is 11.0 Å². The maximum absolute atomic E-state index is 5.30. The van der Waals surface area contributed by atoms with Gasteiger partial charge in [0, 0.05) is 17.0 Å². The van der Waals surface area contributed by atoms with E-state index in [2.05, 4.69) is 78.0 Å². The molecule has 4 rings (SSSR count). The second kappa shape index (κ2) is 8.76. The fourth-order valence-electron chi connectivity index (χ4n) is 3.26. The van der Waals surface area contributed by atoms with Crippen LogP contribution in [0.5, 0.6) is 5.75 Å². The number of benzene rings is 3. The molecule has 1 aromatic heterocycles. The largest absolute Gasteiger partial charge is 0.497 e. The molecule has 4 nitrogen and oxygen atoms in total. The highest BCUT2D eigenvalue weighted by atomic mass is 32.2. The van der Waals surface area contributed by atoms with E-state index < -0.39 is 0 Å². The summed E-state index contributed by atoms with van der Waals surface area (Å²) >= 11 is 1.70. The van der Waals surface area contributed by atoms with Gasteiger partial charge in [-0.1, -0.05) is 47.7 Å². The molecule has 152 valence electrons. The van der Waals surface area contributed by atoms with Crippen LogP contribution in [0.2, 0.25) is 0 Å². The first-order chi connectivity index (χ1) is 14.5. The van der Waals surface area contributed by atoms with Crippen LogP contribution in [0.1, 0.15) is 22.3 Å². The summed E-state index contributed by atoms with van der Waals surface area (Å²) in [5, 5.41) is 9.95. The Morgan fingerprint density at radius 2 is 1.57 bits per heavy atom. The van der Waals surface area contributed by atoms with Crippen molar-refractivity contribution in [3.63, 3.8) is 0 Å². The molecule has 0 saturated carbocycles. The highest BCUT2D eigenvalue weighted by Crippen LogP contribution is 2.31. The molecule has 4 aromatic rings. The lowest BCUT2D eigenvalue weighted by Gasteiger charge is -2.11. The summed E-state index contributed by atoms with van der Waals surface area (Å²) in [5.74, 6) is 2.49. The number of hydrogen-bond acceptors (Lipinski definition) is 4. The summed E-state index contributed by atoms with van der Waals surface area (Å²) in [6, 6.07) is 23.0. The molecule has 0 atom stereocenters. The first-order valence-electron chi connectivity index (χ1n) is 9.91. The number of ether oxygens (including phenoxy) is 1. The average molecular weight is 416 g/mol. The zero-order valence-electron chi connectivity index (χ0n) is 17.7. The summed E-state index contributed by atoms with van der Waals surface area (Å²) in [6.45, 7) is 6.39. The van der Waals surface area contributed by atoms with E-state index in [0.29, 0.717) is 0 Å². The normalized spacial score (nSPS) is 10.9. The smallest absolute Gasteiger partial charge is 0.196 e. The van der Waals surface area contributed by atoms with Crippen LogP contribution in [0.4, 0.5) is 0 Å². The minimum Gasteiger partial charge on any atom is -0.497 e. The molecule has 3 aromatic carbocycles. The van der Waals surface area contributed by atoms with Crippen molar-refractivity contribution in [3.8, 4) is 22.8 Å². The van der Waals surface area contributed by atoms with Crippen molar-refractivity contribution >= 4 is 11.8 Å². The van der Waals surface area contributed by atoms with Gasteiger partial charge >= 0.3 is 0 Å². The molecule has 0 aliphatic heterocycles. The monoisotopic (exact) mass is 415 g/mol. The highest BCUT2D eigenvalue weighted by molar-refractivity contribution is 7.98. The molecule has 30 heavy (non-hydrogen) atoms. The van der Waals surface area contributed by atoms with Crippen LogP contribution in [0.15, 0.2) is 71.9 Å². The van der Waals surface area contributed by atoms with E-state index in [4.69, 9.17) is 4.74 Å². The maximum Gasteiger partial charge on any atom is 0.196 e. The fourth-order valence-corrected chi connectivity index (χ4v) is 4.15. The van der Waals surface area contributed by atoms with Crippen LogP contribution < -0.4 is 4.74 Å². The van der Waals surface area contributed by atoms with E-state index in [1.54, 1.807) is 18.9 Å². The minimum atomic E-state index is 0.823. The molecule has 0 amide bonds. The van der Waals surface area contributed by atoms with Crippen molar-refractivity contribution in [1.82, 2.24) is 14.8 Å². The lowest BCUT2D eigenvalue weighted by Crippen LogP contribution is -2.00. The molecule has 0 radical (unpaired) electrons. The zero-order valence-corrected chi connectivity index (χ0v) is 18.5.